The number of hydrogen-bond donors (Lipinski definition) is 1. The van der Waals surface area contributed by atoms with Crippen LogP contribution in [0, 0.1) is 12.3 Å². The highest BCUT2D eigenvalue weighted by Crippen LogP contribution is 2.33. The molecule has 1 fully saturated rings. The summed E-state index contributed by atoms with van der Waals surface area (Å²) in [5, 5.41) is 9.42. The molecule has 25 heavy (non-hydrogen) atoms. The monoisotopic (exact) mass is 411 g/mol. The molecule has 1 aliphatic heterocycles. The molecule has 1 amide bonds. The standard InChI is InChI=1S/C20H30BrNO3/c1-14-12-15(7-8-17(14)21)6-5-11-25-16-9-10-22(19(23)24)18(13-16)20(2,3)4/h7-8,12,16,18H,5-6,9-11,13H2,1-4H3,(H,23,24). The van der Waals surface area contributed by atoms with Gasteiger partial charge in [0.15, 0.2) is 0 Å². The van der Waals surface area contributed by atoms with Gasteiger partial charge in [-0.15, -0.1) is 0 Å². The minimum atomic E-state index is -0.816. The SMILES string of the molecule is Cc1cc(CCCOC2CCN(C(=O)O)C(C(C)(C)C)C2)ccc1Br. The Morgan fingerprint density at radius 1 is 1.40 bits per heavy atom. The Labute approximate surface area is 159 Å². The molecule has 0 saturated carbocycles. The highest BCUT2D eigenvalue weighted by Gasteiger charge is 2.38. The number of halogens is 1. The molecular weight excluding hydrogens is 382 g/mol. The van der Waals surface area contributed by atoms with E-state index < -0.39 is 6.09 Å². The zero-order valence-electron chi connectivity index (χ0n) is 15.7. The summed E-state index contributed by atoms with van der Waals surface area (Å²) in [6.45, 7) is 9.70. The second-order valence-electron chi connectivity index (χ2n) is 8.06. The molecular formula is C20H30BrNO3. The van der Waals surface area contributed by atoms with Gasteiger partial charge in [0.05, 0.1) is 6.10 Å². The van der Waals surface area contributed by atoms with E-state index in [4.69, 9.17) is 4.74 Å². The quantitative estimate of drug-likeness (QED) is 0.671. The van der Waals surface area contributed by atoms with Gasteiger partial charge in [-0.05, 0) is 55.2 Å². The van der Waals surface area contributed by atoms with E-state index in [1.165, 1.54) is 11.1 Å². The predicted molar refractivity (Wildman–Crippen MR) is 104 cm³/mol. The van der Waals surface area contributed by atoms with E-state index in [-0.39, 0.29) is 17.6 Å². The Kier molecular flexibility index (Phi) is 6.92. The Morgan fingerprint density at radius 2 is 2.12 bits per heavy atom. The van der Waals surface area contributed by atoms with Crippen LogP contribution in [0.2, 0.25) is 0 Å². The molecule has 0 bridgehead atoms. The molecule has 2 atom stereocenters. The summed E-state index contributed by atoms with van der Waals surface area (Å²) in [6.07, 6.45) is 2.91. The first kappa shape index (κ1) is 20.2. The van der Waals surface area contributed by atoms with E-state index in [2.05, 4.69) is 61.8 Å². The van der Waals surface area contributed by atoms with Crippen LogP contribution in [0.15, 0.2) is 22.7 Å². The first-order chi connectivity index (χ1) is 11.7. The highest BCUT2D eigenvalue weighted by molar-refractivity contribution is 9.10. The largest absolute Gasteiger partial charge is 0.465 e. The van der Waals surface area contributed by atoms with Crippen LogP contribution >= 0.6 is 15.9 Å². The molecule has 1 saturated heterocycles. The van der Waals surface area contributed by atoms with Crippen molar-refractivity contribution in [2.45, 2.75) is 65.5 Å². The van der Waals surface area contributed by atoms with E-state index in [1.54, 1.807) is 4.90 Å². The normalized spacial score (nSPS) is 21.4. The van der Waals surface area contributed by atoms with Gasteiger partial charge >= 0.3 is 6.09 Å². The molecule has 2 rings (SSSR count). The van der Waals surface area contributed by atoms with E-state index in [0.29, 0.717) is 6.54 Å². The van der Waals surface area contributed by atoms with Crippen molar-refractivity contribution in [3.05, 3.63) is 33.8 Å². The van der Waals surface area contributed by atoms with Crippen LogP contribution < -0.4 is 0 Å². The molecule has 1 heterocycles. The first-order valence-electron chi connectivity index (χ1n) is 9.04. The second-order valence-corrected chi connectivity index (χ2v) is 8.92. The number of ether oxygens (including phenoxy) is 1. The zero-order chi connectivity index (χ0) is 18.6. The van der Waals surface area contributed by atoms with Crippen molar-refractivity contribution in [1.29, 1.82) is 0 Å². The maximum atomic E-state index is 11.5. The fraction of sp³-hybridized carbons (Fsp3) is 0.650. The van der Waals surface area contributed by atoms with Crippen LogP contribution in [0.3, 0.4) is 0 Å². The van der Waals surface area contributed by atoms with Crippen molar-refractivity contribution in [3.63, 3.8) is 0 Å². The molecule has 0 aliphatic carbocycles. The van der Waals surface area contributed by atoms with E-state index in [1.807, 2.05) is 0 Å². The van der Waals surface area contributed by atoms with Crippen molar-refractivity contribution in [3.8, 4) is 0 Å². The molecule has 1 aromatic carbocycles. The summed E-state index contributed by atoms with van der Waals surface area (Å²) in [5.74, 6) is 0. The molecule has 140 valence electrons. The number of rotatable bonds is 5. The molecule has 5 heteroatoms. The van der Waals surface area contributed by atoms with Crippen LogP contribution in [-0.2, 0) is 11.2 Å². The van der Waals surface area contributed by atoms with Gasteiger partial charge in [0.2, 0.25) is 0 Å². The lowest BCUT2D eigenvalue weighted by Crippen LogP contribution is -2.53. The van der Waals surface area contributed by atoms with Crippen molar-refractivity contribution in [1.82, 2.24) is 4.90 Å². The van der Waals surface area contributed by atoms with Gasteiger partial charge in [-0.2, -0.15) is 0 Å². The first-order valence-corrected chi connectivity index (χ1v) is 9.84. The fourth-order valence-electron chi connectivity index (χ4n) is 3.52. The highest BCUT2D eigenvalue weighted by atomic mass is 79.9. The smallest absolute Gasteiger partial charge is 0.407 e. The van der Waals surface area contributed by atoms with Crippen LogP contribution in [0.1, 0.15) is 51.2 Å². The molecule has 2 unspecified atom stereocenters. The van der Waals surface area contributed by atoms with E-state index in [9.17, 15) is 9.90 Å². The third-order valence-corrected chi connectivity index (χ3v) is 5.88. The van der Waals surface area contributed by atoms with Crippen molar-refractivity contribution < 1.29 is 14.6 Å². The number of amides is 1. The Morgan fingerprint density at radius 3 is 2.72 bits per heavy atom. The fourth-order valence-corrected chi connectivity index (χ4v) is 3.77. The molecule has 0 radical (unpaired) electrons. The van der Waals surface area contributed by atoms with Crippen LogP contribution in [0.4, 0.5) is 4.79 Å². The van der Waals surface area contributed by atoms with Crippen molar-refractivity contribution in [2.24, 2.45) is 5.41 Å². The lowest BCUT2D eigenvalue weighted by atomic mass is 9.80. The summed E-state index contributed by atoms with van der Waals surface area (Å²) in [4.78, 5) is 13.1. The Balaban J connectivity index is 1.81. The minimum absolute atomic E-state index is 0.0119. The number of aryl methyl sites for hydroxylation is 2. The molecule has 4 nitrogen and oxygen atoms in total. The summed E-state index contributed by atoms with van der Waals surface area (Å²) >= 11 is 3.53. The van der Waals surface area contributed by atoms with Crippen molar-refractivity contribution >= 4 is 22.0 Å². The van der Waals surface area contributed by atoms with Gasteiger partial charge in [-0.1, -0.05) is 48.8 Å². The number of benzene rings is 1. The number of carbonyl (C=O) groups is 1. The van der Waals surface area contributed by atoms with E-state index >= 15 is 0 Å². The van der Waals surface area contributed by atoms with Crippen molar-refractivity contribution in [2.75, 3.05) is 13.2 Å². The molecule has 0 aromatic heterocycles. The summed E-state index contributed by atoms with van der Waals surface area (Å²) in [5.41, 5.74) is 2.51. The summed E-state index contributed by atoms with van der Waals surface area (Å²) < 4.78 is 7.23. The molecule has 1 aliphatic rings. The molecule has 1 N–H and O–H groups in total. The number of nitrogens with zero attached hydrogens (tertiary/aromatic N) is 1. The zero-order valence-corrected chi connectivity index (χ0v) is 17.3. The second kappa shape index (κ2) is 8.54. The minimum Gasteiger partial charge on any atom is -0.465 e. The van der Waals surface area contributed by atoms with Gasteiger partial charge < -0.3 is 14.7 Å². The third-order valence-electron chi connectivity index (χ3n) is 4.99. The third kappa shape index (κ3) is 5.71. The van der Waals surface area contributed by atoms with Crippen LogP contribution in [-0.4, -0.2) is 41.4 Å². The maximum Gasteiger partial charge on any atom is 0.407 e. The van der Waals surface area contributed by atoms with Gasteiger partial charge in [0.25, 0.3) is 0 Å². The summed E-state index contributed by atoms with van der Waals surface area (Å²) in [6, 6.07) is 6.47. The number of hydrogen-bond acceptors (Lipinski definition) is 2. The predicted octanol–water partition coefficient (Wildman–Crippen LogP) is 5.26. The average molecular weight is 412 g/mol. The Bertz CT molecular complexity index is 597. The number of carboxylic acid groups (broad SMARTS) is 1. The van der Waals surface area contributed by atoms with Crippen LogP contribution in [0.25, 0.3) is 0 Å². The number of piperidine rings is 1. The number of likely N-dealkylation sites (tertiary alicyclic amines) is 1. The van der Waals surface area contributed by atoms with Gasteiger partial charge in [-0.3, -0.25) is 0 Å². The summed E-state index contributed by atoms with van der Waals surface area (Å²) in [7, 11) is 0. The average Bonchev–Trinajstić information content (AvgIpc) is 2.53. The van der Waals surface area contributed by atoms with E-state index in [0.717, 1.165) is 36.8 Å². The Hall–Kier alpha value is -1.07. The lowest BCUT2D eigenvalue weighted by Gasteiger charge is -2.44. The molecule has 1 aromatic rings. The van der Waals surface area contributed by atoms with Crippen LogP contribution in [0.5, 0.6) is 0 Å². The maximum absolute atomic E-state index is 11.5. The van der Waals surface area contributed by atoms with Gasteiger partial charge in [0.1, 0.15) is 0 Å². The van der Waals surface area contributed by atoms with Gasteiger partial charge in [-0.25, -0.2) is 4.79 Å². The topological polar surface area (TPSA) is 49.8 Å². The van der Waals surface area contributed by atoms with Gasteiger partial charge in [0, 0.05) is 23.7 Å². The lowest BCUT2D eigenvalue weighted by molar-refractivity contribution is -0.0351. The molecule has 0 spiro atoms.